The molecular weight excluding hydrogens is 350 g/mol. The summed E-state index contributed by atoms with van der Waals surface area (Å²) in [5.74, 6) is -0.433. The first-order valence-electron chi connectivity index (χ1n) is 8.24. The predicted molar refractivity (Wildman–Crippen MR) is 104 cm³/mol. The van der Waals surface area contributed by atoms with Crippen molar-refractivity contribution in [2.24, 2.45) is 0 Å². The highest BCUT2D eigenvalue weighted by Crippen LogP contribution is 2.26. The van der Waals surface area contributed by atoms with E-state index in [1.165, 1.54) is 7.11 Å². The Labute approximate surface area is 158 Å². The zero-order valence-electron chi connectivity index (χ0n) is 15.4. The highest BCUT2D eigenvalue weighted by Gasteiger charge is 2.22. The Morgan fingerprint density at radius 1 is 1.12 bits per heavy atom. The van der Waals surface area contributed by atoms with Crippen LogP contribution in [-0.2, 0) is 9.53 Å². The molecule has 2 rings (SSSR count). The Balaban J connectivity index is 2.09. The third-order valence-corrected chi connectivity index (χ3v) is 4.50. The van der Waals surface area contributed by atoms with Crippen LogP contribution in [0.5, 0.6) is 5.75 Å². The Kier molecular flexibility index (Phi) is 7.09. The molecule has 0 bridgehead atoms. The largest absolute Gasteiger partial charge is 0.496 e. The van der Waals surface area contributed by atoms with E-state index in [4.69, 9.17) is 9.47 Å². The van der Waals surface area contributed by atoms with Crippen LogP contribution in [0.3, 0.4) is 0 Å². The topological polar surface area (TPSA) is 55.8 Å². The number of rotatable bonds is 7. The summed E-state index contributed by atoms with van der Waals surface area (Å²) in [6.07, 6.45) is 1.94. The lowest BCUT2D eigenvalue weighted by Gasteiger charge is -2.26. The number of carbonyl (C=O) groups excluding carboxylic acids is 2. The summed E-state index contributed by atoms with van der Waals surface area (Å²) in [6.45, 7) is 3.49. The van der Waals surface area contributed by atoms with Gasteiger partial charge in [-0.05, 0) is 50.4 Å². The molecule has 0 atom stereocenters. The van der Waals surface area contributed by atoms with Crippen LogP contribution in [0.1, 0.15) is 24.2 Å². The molecule has 0 aromatic heterocycles. The van der Waals surface area contributed by atoms with E-state index in [0.29, 0.717) is 11.3 Å². The molecule has 138 valence electrons. The summed E-state index contributed by atoms with van der Waals surface area (Å²) < 4.78 is 10.5. The Bertz CT molecular complexity index is 762. The van der Waals surface area contributed by atoms with Gasteiger partial charge in [-0.3, -0.25) is 4.79 Å². The number of nitrogens with zero attached hydrogens (tertiary/aromatic N) is 1. The fourth-order valence-corrected chi connectivity index (χ4v) is 2.99. The van der Waals surface area contributed by atoms with Crippen molar-refractivity contribution in [2.45, 2.75) is 24.8 Å². The molecular formula is C20H23NO4S. The number of carbonyl (C=O) groups is 2. The number of methoxy groups -OCH3 is 1. The van der Waals surface area contributed by atoms with Gasteiger partial charge in [-0.15, -0.1) is 11.8 Å². The molecule has 26 heavy (non-hydrogen) atoms. The van der Waals surface area contributed by atoms with Gasteiger partial charge in [0.05, 0.1) is 7.11 Å². The number of anilines is 1. The molecule has 5 nitrogen and oxygen atoms in total. The lowest BCUT2D eigenvalue weighted by Crippen LogP contribution is -2.39. The van der Waals surface area contributed by atoms with Gasteiger partial charge >= 0.3 is 5.97 Å². The van der Waals surface area contributed by atoms with Gasteiger partial charge in [-0.25, -0.2) is 4.79 Å². The fourth-order valence-electron chi connectivity index (χ4n) is 2.56. The van der Waals surface area contributed by atoms with Crippen molar-refractivity contribution in [3.05, 3.63) is 54.1 Å². The third-order valence-electron chi connectivity index (χ3n) is 3.77. The smallest absolute Gasteiger partial charge is 0.342 e. The van der Waals surface area contributed by atoms with Crippen LogP contribution in [0.15, 0.2) is 53.4 Å². The zero-order valence-corrected chi connectivity index (χ0v) is 16.2. The van der Waals surface area contributed by atoms with Gasteiger partial charge in [0.1, 0.15) is 11.3 Å². The van der Waals surface area contributed by atoms with Crippen LogP contribution in [0, 0.1) is 0 Å². The molecule has 0 N–H and O–H groups in total. The second-order valence-corrected chi connectivity index (χ2v) is 6.72. The molecule has 0 unspecified atom stereocenters. The van der Waals surface area contributed by atoms with Crippen molar-refractivity contribution >= 4 is 29.3 Å². The van der Waals surface area contributed by atoms with Gasteiger partial charge in [-0.1, -0.05) is 18.2 Å². The molecule has 0 fully saturated rings. The Morgan fingerprint density at radius 2 is 1.81 bits per heavy atom. The number of thioether (sulfide) groups is 1. The maximum absolute atomic E-state index is 12.6. The normalized spacial score (nSPS) is 10.5. The van der Waals surface area contributed by atoms with Crippen LogP contribution in [0.4, 0.5) is 5.69 Å². The fraction of sp³-hybridized carbons (Fsp3) is 0.300. The van der Waals surface area contributed by atoms with Crippen LogP contribution in [0.2, 0.25) is 0 Å². The van der Waals surface area contributed by atoms with Gasteiger partial charge in [0.15, 0.2) is 6.61 Å². The van der Waals surface area contributed by atoms with Crippen molar-refractivity contribution in [1.29, 1.82) is 0 Å². The molecule has 0 radical (unpaired) electrons. The summed E-state index contributed by atoms with van der Waals surface area (Å²) >= 11 is 1.55. The molecule has 0 saturated heterocycles. The summed E-state index contributed by atoms with van der Waals surface area (Å²) in [5, 5.41) is 0. The van der Waals surface area contributed by atoms with Crippen molar-refractivity contribution in [3.63, 3.8) is 0 Å². The van der Waals surface area contributed by atoms with Crippen LogP contribution < -0.4 is 9.64 Å². The van der Waals surface area contributed by atoms with Gasteiger partial charge in [-0.2, -0.15) is 0 Å². The first-order valence-corrected chi connectivity index (χ1v) is 9.46. The number of esters is 1. The Hall–Kier alpha value is -2.47. The quantitative estimate of drug-likeness (QED) is 0.542. The molecule has 2 aromatic rings. The van der Waals surface area contributed by atoms with E-state index in [1.54, 1.807) is 28.8 Å². The van der Waals surface area contributed by atoms with Gasteiger partial charge in [0.25, 0.3) is 5.91 Å². The van der Waals surface area contributed by atoms with Crippen molar-refractivity contribution < 1.29 is 19.1 Å². The van der Waals surface area contributed by atoms with E-state index in [0.717, 1.165) is 10.6 Å². The lowest BCUT2D eigenvalue weighted by molar-refractivity contribution is -0.122. The first-order chi connectivity index (χ1) is 12.5. The zero-order chi connectivity index (χ0) is 19.1. The minimum atomic E-state index is -0.584. The molecule has 0 heterocycles. The lowest BCUT2D eigenvalue weighted by atomic mass is 10.2. The number of hydrogen-bond acceptors (Lipinski definition) is 5. The maximum atomic E-state index is 12.6. The minimum absolute atomic E-state index is 0.0565. The van der Waals surface area contributed by atoms with Crippen LogP contribution >= 0.6 is 11.8 Å². The summed E-state index contributed by atoms with van der Waals surface area (Å²) in [4.78, 5) is 27.6. The number of benzene rings is 2. The van der Waals surface area contributed by atoms with E-state index in [1.807, 2.05) is 56.5 Å². The van der Waals surface area contributed by atoms with Crippen LogP contribution in [-0.4, -0.2) is 37.9 Å². The molecule has 0 aliphatic carbocycles. The highest BCUT2D eigenvalue weighted by atomic mass is 32.2. The second kappa shape index (κ2) is 9.29. The average Bonchev–Trinajstić information content (AvgIpc) is 2.66. The third kappa shape index (κ3) is 4.79. The monoisotopic (exact) mass is 373 g/mol. The van der Waals surface area contributed by atoms with E-state index in [2.05, 4.69) is 0 Å². The highest BCUT2D eigenvalue weighted by molar-refractivity contribution is 7.98. The standard InChI is InChI=1S/C20H23NO4S/c1-14(2)21(15-8-6-5-7-9-15)19(22)13-25-20(23)17-11-10-16(26-4)12-18(17)24-3/h5-12,14H,13H2,1-4H3. The van der Waals surface area contributed by atoms with Gasteiger partial charge in [0, 0.05) is 16.6 Å². The molecule has 1 amide bonds. The number of para-hydroxylation sites is 1. The summed E-state index contributed by atoms with van der Waals surface area (Å²) in [6, 6.07) is 14.5. The van der Waals surface area contributed by atoms with Crippen molar-refractivity contribution in [2.75, 3.05) is 24.9 Å². The molecule has 0 aliphatic rings. The SMILES string of the molecule is COc1cc(SC)ccc1C(=O)OCC(=O)N(c1ccccc1)C(C)C. The Morgan fingerprint density at radius 3 is 2.38 bits per heavy atom. The van der Waals surface area contributed by atoms with E-state index >= 15 is 0 Å². The first kappa shape index (κ1) is 19.8. The van der Waals surface area contributed by atoms with E-state index in [-0.39, 0.29) is 18.6 Å². The maximum Gasteiger partial charge on any atom is 0.342 e. The van der Waals surface area contributed by atoms with Crippen molar-refractivity contribution in [3.8, 4) is 5.75 Å². The molecule has 0 saturated carbocycles. The number of ether oxygens (including phenoxy) is 2. The van der Waals surface area contributed by atoms with Crippen molar-refractivity contribution in [1.82, 2.24) is 0 Å². The minimum Gasteiger partial charge on any atom is -0.496 e. The van der Waals surface area contributed by atoms with Gasteiger partial charge in [0.2, 0.25) is 0 Å². The molecule has 2 aromatic carbocycles. The van der Waals surface area contributed by atoms with E-state index < -0.39 is 5.97 Å². The summed E-state index contributed by atoms with van der Waals surface area (Å²) in [5.41, 5.74) is 1.07. The summed E-state index contributed by atoms with van der Waals surface area (Å²) in [7, 11) is 1.50. The number of hydrogen-bond donors (Lipinski definition) is 0. The second-order valence-electron chi connectivity index (χ2n) is 5.84. The number of amides is 1. The van der Waals surface area contributed by atoms with E-state index in [9.17, 15) is 9.59 Å². The average molecular weight is 373 g/mol. The molecule has 0 aliphatic heterocycles. The molecule has 0 spiro atoms. The predicted octanol–water partition coefficient (Wildman–Crippen LogP) is 4.02. The molecule has 6 heteroatoms. The van der Waals surface area contributed by atoms with Crippen LogP contribution in [0.25, 0.3) is 0 Å². The van der Waals surface area contributed by atoms with Gasteiger partial charge < -0.3 is 14.4 Å².